The van der Waals surface area contributed by atoms with Crippen LogP contribution in [0.1, 0.15) is 45.8 Å². The minimum Gasteiger partial charge on any atom is -0.340 e. The van der Waals surface area contributed by atoms with E-state index in [9.17, 15) is 0 Å². The topological polar surface area (TPSA) is 54.2 Å². The van der Waals surface area contributed by atoms with Crippen LogP contribution in [0.2, 0.25) is 0 Å². The van der Waals surface area contributed by atoms with E-state index in [1.165, 1.54) is 0 Å². The van der Waals surface area contributed by atoms with Crippen molar-refractivity contribution in [1.82, 2.24) is 20.4 Å². The Kier molecular flexibility index (Phi) is 4.81. The first-order valence-electron chi connectivity index (χ1n) is 7.72. The molecule has 1 aliphatic heterocycles. The van der Waals surface area contributed by atoms with Crippen molar-refractivity contribution in [2.45, 2.75) is 59.0 Å². The molecule has 20 heavy (non-hydrogen) atoms. The summed E-state index contributed by atoms with van der Waals surface area (Å²) in [5, 5.41) is 7.72. The Morgan fingerprint density at radius 1 is 1.50 bits per heavy atom. The molecule has 1 aliphatic rings. The molecule has 5 heteroatoms. The maximum Gasteiger partial charge on any atom is 0.223 e. The van der Waals surface area contributed by atoms with Gasteiger partial charge in [0.25, 0.3) is 0 Å². The first-order chi connectivity index (χ1) is 9.43. The minimum atomic E-state index is 0.221. The van der Waals surface area contributed by atoms with Crippen molar-refractivity contribution < 1.29 is 4.52 Å². The molecule has 0 aromatic carbocycles. The highest BCUT2D eigenvalue weighted by atomic mass is 16.5. The van der Waals surface area contributed by atoms with Crippen LogP contribution in [-0.4, -0.2) is 46.3 Å². The summed E-state index contributed by atoms with van der Waals surface area (Å²) in [7, 11) is 0. The molecule has 114 valence electrons. The van der Waals surface area contributed by atoms with Gasteiger partial charge in [-0.2, -0.15) is 4.98 Å². The molecule has 1 N–H and O–H groups in total. The van der Waals surface area contributed by atoms with E-state index in [1.54, 1.807) is 0 Å². The van der Waals surface area contributed by atoms with Crippen LogP contribution in [0.25, 0.3) is 0 Å². The van der Waals surface area contributed by atoms with Crippen molar-refractivity contribution in [3.05, 3.63) is 11.7 Å². The number of nitrogens with zero attached hydrogens (tertiary/aromatic N) is 3. The van der Waals surface area contributed by atoms with E-state index in [0.29, 0.717) is 17.9 Å². The van der Waals surface area contributed by atoms with Crippen LogP contribution < -0.4 is 5.32 Å². The van der Waals surface area contributed by atoms with Crippen molar-refractivity contribution >= 4 is 0 Å². The van der Waals surface area contributed by atoms with Crippen LogP contribution in [0.3, 0.4) is 0 Å². The lowest BCUT2D eigenvalue weighted by Gasteiger charge is -2.47. The largest absolute Gasteiger partial charge is 0.340 e. The standard InChI is InChI=1S/C15H28N4O/c1-6-15(5)10-19(13(9-16-15)11(2)3)8-7-14-17-12(4)20-18-14/h11,13,16H,6-10H2,1-5H3. The zero-order valence-electron chi connectivity index (χ0n) is 13.4. The summed E-state index contributed by atoms with van der Waals surface area (Å²) in [6.45, 7) is 14.2. The van der Waals surface area contributed by atoms with Gasteiger partial charge in [0.05, 0.1) is 0 Å². The van der Waals surface area contributed by atoms with Gasteiger partial charge in [0.2, 0.25) is 5.89 Å². The maximum atomic E-state index is 5.05. The lowest BCUT2D eigenvalue weighted by Crippen LogP contribution is -2.64. The van der Waals surface area contributed by atoms with Gasteiger partial charge in [0.15, 0.2) is 5.82 Å². The molecule has 2 rings (SSSR count). The zero-order valence-corrected chi connectivity index (χ0v) is 13.4. The molecule has 0 bridgehead atoms. The third-order valence-corrected chi connectivity index (χ3v) is 4.50. The Morgan fingerprint density at radius 2 is 2.25 bits per heavy atom. The van der Waals surface area contributed by atoms with Gasteiger partial charge >= 0.3 is 0 Å². The Balaban J connectivity index is 2.00. The summed E-state index contributed by atoms with van der Waals surface area (Å²) in [4.78, 5) is 6.90. The van der Waals surface area contributed by atoms with Crippen LogP contribution in [0, 0.1) is 12.8 Å². The summed E-state index contributed by atoms with van der Waals surface area (Å²) in [5.74, 6) is 2.12. The van der Waals surface area contributed by atoms with Crippen molar-refractivity contribution in [2.75, 3.05) is 19.6 Å². The first-order valence-corrected chi connectivity index (χ1v) is 7.72. The predicted octanol–water partition coefficient (Wildman–Crippen LogP) is 2.02. The monoisotopic (exact) mass is 280 g/mol. The Morgan fingerprint density at radius 3 is 2.80 bits per heavy atom. The number of hydrogen-bond acceptors (Lipinski definition) is 5. The Hall–Kier alpha value is -0.940. The number of aryl methyl sites for hydroxylation is 1. The number of nitrogens with one attached hydrogen (secondary N) is 1. The van der Waals surface area contributed by atoms with Crippen molar-refractivity contribution in [1.29, 1.82) is 0 Å². The first kappa shape index (κ1) is 15.4. The number of hydrogen-bond donors (Lipinski definition) is 1. The van der Waals surface area contributed by atoms with Crippen LogP contribution in [-0.2, 0) is 6.42 Å². The van der Waals surface area contributed by atoms with Crippen LogP contribution in [0.4, 0.5) is 0 Å². The normalized spacial score (nSPS) is 28.2. The fraction of sp³-hybridized carbons (Fsp3) is 0.867. The molecular weight excluding hydrogens is 252 g/mol. The predicted molar refractivity (Wildman–Crippen MR) is 79.6 cm³/mol. The highest BCUT2D eigenvalue weighted by Crippen LogP contribution is 2.22. The fourth-order valence-electron chi connectivity index (χ4n) is 2.93. The van der Waals surface area contributed by atoms with Gasteiger partial charge in [-0.15, -0.1) is 0 Å². The molecular formula is C15H28N4O. The summed E-state index contributed by atoms with van der Waals surface area (Å²) in [5.41, 5.74) is 0.221. The summed E-state index contributed by atoms with van der Waals surface area (Å²) in [6, 6.07) is 0.586. The molecule has 1 fully saturated rings. The van der Waals surface area contributed by atoms with E-state index >= 15 is 0 Å². The highest BCUT2D eigenvalue weighted by Gasteiger charge is 2.35. The number of piperazine rings is 1. The summed E-state index contributed by atoms with van der Waals surface area (Å²) < 4.78 is 5.05. The third-order valence-electron chi connectivity index (χ3n) is 4.50. The quantitative estimate of drug-likeness (QED) is 0.894. The minimum absolute atomic E-state index is 0.221. The average molecular weight is 280 g/mol. The molecule has 5 nitrogen and oxygen atoms in total. The molecule has 0 aliphatic carbocycles. The number of rotatable bonds is 5. The van der Waals surface area contributed by atoms with Gasteiger partial charge in [-0.25, -0.2) is 0 Å². The van der Waals surface area contributed by atoms with Gasteiger partial charge in [-0.05, 0) is 19.3 Å². The molecule has 2 heterocycles. The Labute approximate surface area is 122 Å². The van der Waals surface area contributed by atoms with Crippen LogP contribution in [0.15, 0.2) is 4.52 Å². The smallest absolute Gasteiger partial charge is 0.223 e. The molecule has 0 amide bonds. The molecule has 0 saturated carbocycles. The van der Waals surface area contributed by atoms with Gasteiger partial charge in [-0.1, -0.05) is 25.9 Å². The van der Waals surface area contributed by atoms with Gasteiger partial charge < -0.3 is 9.84 Å². The van der Waals surface area contributed by atoms with Gasteiger partial charge in [0, 0.05) is 44.6 Å². The van der Waals surface area contributed by atoms with E-state index in [4.69, 9.17) is 4.52 Å². The summed E-state index contributed by atoms with van der Waals surface area (Å²) in [6.07, 6.45) is 2.01. The molecule has 1 saturated heterocycles. The molecule has 1 aromatic rings. The average Bonchev–Trinajstić information content (AvgIpc) is 2.82. The van der Waals surface area contributed by atoms with Crippen molar-refractivity contribution in [3.63, 3.8) is 0 Å². The van der Waals surface area contributed by atoms with Crippen LogP contribution >= 0.6 is 0 Å². The van der Waals surface area contributed by atoms with E-state index in [-0.39, 0.29) is 5.54 Å². The second-order valence-corrected chi connectivity index (χ2v) is 6.56. The SMILES string of the molecule is CCC1(C)CN(CCc2noc(C)n2)C(C(C)C)CN1. The fourth-order valence-corrected chi connectivity index (χ4v) is 2.93. The molecule has 1 aromatic heterocycles. The van der Waals surface area contributed by atoms with Crippen LogP contribution in [0.5, 0.6) is 0 Å². The summed E-state index contributed by atoms with van der Waals surface area (Å²) >= 11 is 0. The van der Waals surface area contributed by atoms with Crippen molar-refractivity contribution in [3.8, 4) is 0 Å². The Bertz CT molecular complexity index is 431. The van der Waals surface area contributed by atoms with Gasteiger partial charge in [0.1, 0.15) is 0 Å². The molecule has 0 spiro atoms. The zero-order chi connectivity index (χ0) is 14.8. The van der Waals surface area contributed by atoms with E-state index in [0.717, 1.165) is 38.3 Å². The second kappa shape index (κ2) is 6.22. The van der Waals surface area contributed by atoms with Crippen molar-refractivity contribution in [2.24, 2.45) is 5.92 Å². The van der Waals surface area contributed by atoms with E-state index < -0.39 is 0 Å². The third kappa shape index (κ3) is 3.58. The lowest BCUT2D eigenvalue weighted by molar-refractivity contribution is 0.0608. The maximum absolute atomic E-state index is 5.05. The molecule has 0 radical (unpaired) electrons. The number of aromatic nitrogens is 2. The van der Waals surface area contributed by atoms with E-state index in [1.807, 2.05) is 6.92 Å². The molecule has 2 atom stereocenters. The second-order valence-electron chi connectivity index (χ2n) is 6.56. The van der Waals surface area contributed by atoms with E-state index in [2.05, 4.69) is 48.1 Å². The van der Waals surface area contributed by atoms with Gasteiger partial charge in [-0.3, -0.25) is 4.90 Å². The highest BCUT2D eigenvalue weighted by molar-refractivity contribution is 4.96. The molecule has 2 unspecified atom stereocenters. The lowest BCUT2D eigenvalue weighted by atomic mass is 9.90.